The molecule has 3 N–H and O–H groups in total. The number of hydrazone groups is 1. The van der Waals surface area contributed by atoms with Crippen molar-refractivity contribution >= 4 is 27.8 Å². The molecule has 0 saturated carbocycles. The van der Waals surface area contributed by atoms with Gasteiger partial charge < -0.3 is 10.8 Å². The number of nitrogens with two attached hydrogens (primary N) is 1. The van der Waals surface area contributed by atoms with Gasteiger partial charge in [0.15, 0.2) is 0 Å². The molecule has 0 atom stereocenters. The third-order valence-electron chi connectivity index (χ3n) is 1.67. The minimum Gasteiger partial charge on any atom is -0.323 e. The van der Waals surface area contributed by atoms with E-state index in [2.05, 4.69) is 10.1 Å². The van der Waals surface area contributed by atoms with Crippen LogP contribution >= 0.6 is 11.3 Å². The fraction of sp³-hybridized carbons (Fsp3) is 0. The molecule has 2 rings (SSSR count). The number of H-pyrrole nitrogens is 1. The Bertz CT molecular complexity index is 511. The van der Waals surface area contributed by atoms with E-state index in [9.17, 15) is 4.79 Å². The van der Waals surface area contributed by atoms with E-state index in [-0.39, 0.29) is 4.87 Å². The van der Waals surface area contributed by atoms with E-state index in [0.29, 0.717) is 0 Å². The first-order chi connectivity index (χ1) is 6.29. The van der Waals surface area contributed by atoms with Crippen LogP contribution in [0.1, 0.15) is 5.56 Å². The molecule has 0 aliphatic carbocycles. The first-order valence-corrected chi connectivity index (χ1v) is 4.47. The van der Waals surface area contributed by atoms with E-state index in [4.69, 9.17) is 5.84 Å². The third kappa shape index (κ3) is 1.46. The van der Waals surface area contributed by atoms with Gasteiger partial charge in [-0.25, -0.2) is 0 Å². The van der Waals surface area contributed by atoms with Crippen LogP contribution in [0.4, 0.5) is 0 Å². The Morgan fingerprint density at radius 3 is 3.15 bits per heavy atom. The number of thiazole rings is 1. The minimum absolute atomic E-state index is 0.0446. The minimum atomic E-state index is -0.0446. The molecular weight excluding hydrogens is 186 g/mol. The van der Waals surface area contributed by atoms with Crippen molar-refractivity contribution in [2.24, 2.45) is 10.9 Å². The molecule has 1 aromatic carbocycles. The first kappa shape index (κ1) is 8.00. The lowest BCUT2D eigenvalue weighted by atomic mass is 10.2. The Labute approximate surface area is 77.7 Å². The fourth-order valence-corrected chi connectivity index (χ4v) is 1.91. The van der Waals surface area contributed by atoms with Crippen LogP contribution in [0.25, 0.3) is 10.2 Å². The van der Waals surface area contributed by atoms with Gasteiger partial charge in [0, 0.05) is 0 Å². The maximum Gasteiger partial charge on any atom is 0.305 e. The lowest BCUT2D eigenvalue weighted by molar-refractivity contribution is 1.26. The van der Waals surface area contributed by atoms with Gasteiger partial charge >= 0.3 is 4.87 Å². The molecule has 4 nitrogen and oxygen atoms in total. The number of aromatic amines is 1. The molecule has 0 aliphatic heterocycles. The Hall–Kier alpha value is -1.62. The summed E-state index contributed by atoms with van der Waals surface area (Å²) in [5.41, 5.74) is 1.74. The number of aromatic nitrogens is 1. The molecule has 0 amide bonds. The number of fused-ring (bicyclic) bond motifs is 1. The van der Waals surface area contributed by atoms with Gasteiger partial charge in [0.2, 0.25) is 0 Å². The predicted octanol–water partition coefficient (Wildman–Crippen LogP) is 0.882. The highest BCUT2D eigenvalue weighted by molar-refractivity contribution is 7.16. The van der Waals surface area contributed by atoms with Gasteiger partial charge in [-0.3, -0.25) is 4.79 Å². The molecule has 1 aromatic heterocycles. The van der Waals surface area contributed by atoms with Crippen LogP contribution in [0.3, 0.4) is 0 Å². The van der Waals surface area contributed by atoms with E-state index in [1.54, 1.807) is 6.21 Å². The monoisotopic (exact) mass is 193 g/mol. The van der Waals surface area contributed by atoms with E-state index in [1.807, 2.05) is 18.2 Å². The molecule has 0 spiro atoms. The van der Waals surface area contributed by atoms with Gasteiger partial charge in [0.05, 0.1) is 16.4 Å². The predicted molar refractivity (Wildman–Crippen MR) is 54.2 cm³/mol. The summed E-state index contributed by atoms with van der Waals surface area (Å²) in [7, 11) is 0. The molecule has 5 heteroatoms. The average Bonchev–Trinajstić information content (AvgIpc) is 2.44. The van der Waals surface area contributed by atoms with Crippen LogP contribution in [0.2, 0.25) is 0 Å². The van der Waals surface area contributed by atoms with Crippen molar-refractivity contribution in [1.29, 1.82) is 0 Å². The van der Waals surface area contributed by atoms with Crippen molar-refractivity contribution < 1.29 is 0 Å². The SMILES string of the molecule is NN=Cc1ccc2[nH]c(=O)sc2c1. The van der Waals surface area contributed by atoms with Crippen molar-refractivity contribution in [2.45, 2.75) is 0 Å². The summed E-state index contributed by atoms with van der Waals surface area (Å²) >= 11 is 1.18. The Morgan fingerprint density at radius 1 is 1.54 bits per heavy atom. The number of hydrogen-bond acceptors (Lipinski definition) is 4. The van der Waals surface area contributed by atoms with E-state index < -0.39 is 0 Å². The van der Waals surface area contributed by atoms with Crippen LogP contribution < -0.4 is 10.7 Å². The molecule has 2 aromatic rings. The van der Waals surface area contributed by atoms with Gasteiger partial charge in [-0.05, 0) is 17.7 Å². The second-order valence-electron chi connectivity index (χ2n) is 2.55. The van der Waals surface area contributed by atoms with E-state index in [1.165, 1.54) is 11.3 Å². The molecular formula is C8H7N3OS. The number of nitrogens with one attached hydrogen (secondary N) is 1. The van der Waals surface area contributed by atoms with Crippen molar-refractivity contribution in [2.75, 3.05) is 0 Å². The highest BCUT2D eigenvalue weighted by atomic mass is 32.1. The summed E-state index contributed by atoms with van der Waals surface area (Å²) in [5, 5.41) is 3.41. The molecule has 0 aliphatic rings. The van der Waals surface area contributed by atoms with Crippen LogP contribution in [0.5, 0.6) is 0 Å². The standard InChI is InChI=1S/C8H7N3OS/c9-10-4-5-1-2-6-7(3-5)13-8(12)11-6/h1-4H,9H2,(H,11,12). The largest absolute Gasteiger partial charge is 0.323 e. The zero-order valence-corrected chi connectivity index (χ0v) is 7.47. The summed E-state index contributed by atoms with van der Waals surface area (Å²) < 4.78 is 0.919. The average molecular weight is 193 g/mol. The second-order valence-corrected chi connectivity index (χ2v) is 3.56. The van der Waals surface area contributed by atoms with Gasteiger partial charge in [0.1, 0.15) is 0 Å². The quantitative estimate of drug-likeness (QED) is 0.401. The maximum atomic E-state index is 11.0. The molecule has 0 bridgehead atoms. The number of benzene rings is 1. The normalized spacial score (nSPS) is 11.4. The smallest absolute Gasteiger partial charge is 0.305 e. The molecule has 0 radical (unpaired) electrons. The van der Waals surface area contributed by atoms with Crippen LogP contribution in [0, 0.1) is 0 Å². The zero-order valence-electron chi connectivity index (χ0n) is 6.65. The Morgan fingerprint density at radius 2 is 2.38 bits per heavy atom. The van der Waals surface area contributed by atoms with Crippen LogP contribution in [0.15, 0.2) is 28.1 Å². The lowest BCUT2D eigenvalue weighted by Gasteiger charge is -1.90. The number of nitrogens with zero attached hydrogens (tertiary/aromatic N) is 1. The fourth-order valence-electron chi connectivity index (χ4n) is 1.13. The number of hydrogen-bond donors (Lipinski definition) is 2. The first-order valence-electron chi connectivity index (χ1n) is 3.66. The summed E-state index contributed by atoms with van der Waals surface area (Å²) in [6, 6.07) is 5.56. The summed E-state index contributed by atoms with van der Waals surface area (Å²) in [6.07, 6.45) is 1.55. The van der Waals surface area contributed by atoms with Crippen LogP contribution in [-0.4, -0.2) is 11.2 Å². The third-order valence-corrected chi connectivity index (χ3v) is 2.51. The molecule has 66 valence electrons. The Balaban J connectivity index is 2.67. The lowest BCUT2D eigenvalue weighted by Crippen LogP contribution is -1.89. The Kier molecular flexibility index (Phi) is 1.86. The highest BCUT2D eigenvalue weighted by Gasteiger charge is 1.98. The van der Waals surface area contributed by atoms with Gasteiger partial charge in [-0.1, -0.05) is 17.4 Å². The summed E-state index contributed by atoms with van der Waals surface area (Å²) in [6.45, 7) is 0. The van der Waals surface area contributed by atoms with Crippen molar-refractivity contribution in [3.8, 4) is 0 Å². The van der Waals surface area contributed by atoms with E-state index >= 15 is 0 Å². The van der Waals surface area contributed by atoms with Crippen molar-refractivity contribution in [3.63, 3.8) is 0 Å². The molecule has 0 unspecified atom stereocenters. The van der Waals surface area contributed by atoms with Gasteiger partial charge in [-0.15, -0.1) is 0 Å². The van der Waals surface area contributed by atoms with Gasteiger partial charge in [0.25, 0.3) is 0 Å². The summed E-state index contributed by atoms with van der Waals surface area (Å²) in [5.74, 6) is 5.01. The molecule has 1 heterocycles. The van der Waals surface area contributed by atoms with Gasteiger partial charge in [-0.2, -0.15) is 5.10 Å². The molecule has 0 fully saturated rings. The second kappa shape index (κ2) is 3.02. The zero-order chi connectivity index (χ0) is 9.26. The van der Waals surface area contributed by atoms with E-state index in [0.717, 1.165) is 15.8 Å². The number of rotatable bonds is 1. The van der Waals surface area contributed by atoms with Crippen molar-refractivity contribution in [3.05, 3.63) is 33.4 Å². The molecule has 13 heavy (non-hydrogen) atoms. The van der Waals surface area contributed by atoms with Crippen LogP contribution in [-0.2, 0) is 0 Å². The maximum absolute atomic E-state index is 11.0. The van der Waals surface area contributed by atoms with Crippen molar-refractivity contribution in [1.82, 2.24) is 4.98 Å². The molecule has 0 saturated heterocycles. The summed E-state index contributed by atoms with van der Waals surface area (Å²) in [4.78, 5) is 13.6. The highest BCUT2D eigenvalue weighted by Crippen LogP contribution is 2.14. The topological polar surface area (TPSA) is 71.2 Å².